The average molecular weight is 388 g/mol. The molecule has 27 heavy (non-hydrogen) atoms. The highest BCUT2D eigenvalue weighted by atomic mass is 32.2. The van der Waals surface area contributed by atoms with Crippen LogP contribution < -0.4 is 14.9 Å². The predicted molar refractivity (Wildman–Crippen MR) is 92.4 cm³/mol. The van der Waals surface area contributed by atoms with E-state index in [1.165, 1.54) is 16.6 Å². The molecule has 0 radical (unpaired) electrons. The van der Waals surface area contributed by atoms with E-state index in [1.54, 1.807) is 10.9 Å². The Morgan fingerprint density at radius 3 is 2.89 bits per heavy atom. The lowest BCUT2D eigenvalue weighted by Gasteiger charge is -2.18. The molecule has 0 atom stereocenters. The van der Waals surface area contributed by atoms with Crippen molar-refractivity contribution in [3.8, 4) is 5.69 Å². The van der Waals surface area contributed by atoms with E-state index in [1.807, 2.05) is 35.3 Å². The minimum Gasteiger partial charge on any atom is -0.861 e. The monoisotopic (exact) mass is 388 g/mol. The van der Waals surface area contributed by atoms with Crippen molar-refractivity contribution in [1.29, 1.82) is 0 Å². The Morgan fingerprint density at radius 2 is 2.07 bits per heavy atom. The summed E-state index contributed by atoms with van der Waals surface area (Å²) in [6.45, 7) is 2.64. The van der Waals surface area contributed by atoms with Crippen LogP contribution in [0.4, 0.5) is 5.88 Å². The molecule has 4 rings (SSSR count). The fraction of sp³-hybridized carbons (Fsp3) is 0.333. The lowest BCUT2D eigenvalue weighted by atomic mass is 10.3. The molecule has 1 aliphatic heterocycles. The molecule has 0 aliphatic carbocycles. The van der Waals surface area contributed by atoms with Crippen molar-refractivity contribution in [2.24, 2.45) is 4.99 Å². The van der Waals surface area contributed by atoms with Crippen molar-refractivity contribution in [2.75, 3.05) is 37.1 Å². The zero-order valence-electron chi connectivity index (χ0n) is 14.2. The number of ether oxygens (including phenoxy) is 1. The van der Waals surface area contributed by atoms with E-state index in [0.29, 0.717) is 31.5 Å². The van der Waals surface area contributed by atoms with Crippen LogP contribution in [0.5, 0.6) is 0 Å². The fourth-order valence-electron chi connectivity index (χ4n) is 2.45. The number of thioether (sulfide) groups is 1. The second-order valence-corrected chi connectivity index (χ2v) is 6.47. The van der Waals surface area contributed by atoms with Gasteiger partial charge in [0.25, 0.3) is 6.20 Å². The lowest BCUT2D eigenvalue weighted by molar-refractivity contribution is -0.759. The Bertz CT molecular complexity index is 907. The zero-order valence-corrected chi connectivity index (χ0v) is 15.0. The number of benzene rings is 1. The molecule has 0 bridgehead atoms. The predicted octanol–water partition coefficient (Wildman–Crippen LogP) is -0.911. The Labute approximate surface area is 158 Å². The maximum absolute atomic E-state index is 12.1. The van der Waals surface area contributed by atoms with E-state index >= 15 is 0 Å². The van der Waals surface area contributed by atoms with Gasteiger partial charge in [-0.15, -0.1) is 10.1 Å². The zero-order chi connectivity index (χ0) is 18.5. The van der Waals surface area contributed by atoms with Gasteiger partial charge in [0, 0.05) is 5.75 Å². The van der Waals surface area contributed by atoms with Gasteiger partial charge in [0.15, 0.2) is 0 Å². The van der Waals surface area contributed by atoms with Crippen molar-refractivity contribution in [1.82, 2.24) is 25.5 Å². The summed E-state index contributed by atoms with van der Waals surface area (Å²) in [6, 6.07) is 9.44. The summed E-state index contributed by atoms with van der Waals surface area (Å²) in [5, 5.41) is 30.0. The van der Waals surface area contributed by atoms with Gasteiger partial charge in [-0.25, -0.2) is 4.99 Å². The van der Waals surface area contributed by atoms with Gasteiger partial charge in [0.2, 0.25) is 10.4 Å². The van der Waals surface area contributed by atoms with Crippen LogP contribution in [0.3, 0.4) is 0 Å². The standard InChI is InChI=1S/C15H16N8O3S/c24-13(16-14-10-22(20-26-14)21-6-8-25-9-7-21)11-27-15-17-18-19-23(15)12-4-2-1-3-5-12/h1-5,10H,6-9,11H2. The third-order valence-corrected chi connectivity index (χ3v) is 4.63. The number of hydrogen-bond acceptors (Lipinski definition) is 10. The van der Waals surface area contributed by atoms with E-state index in [-0.39, 0.29) is 17.5 Å². The SMILES string of the molecule is [O-]/C(CSc1nnnn1-c1ccccc1)=N/c1c[n+](N2CCOCC2)no1. The highest BCUT2D eigenvalue weighted by Crippen LogP contribution is 2.18. The van der Waals surface area contributed by atoms with Crippen molar-refractivity contribution in [3.63, 3.8) is 0 Å². The number of morpholine rings is 1. The molecular formula is C15H16N8O3S. The molecular weight excluding hydrogens is 372 g/mol. The molecule has 0 N–H and O–H groups in total. The molecule has 1 aromatic carbocycles. The summed E-state index contributed by atoms with van der Waals surface area (Å²) in [7, 11) is 0. The van der Waals surface area contributed by atoms with Crippen LogP contribution in [0.1, 0.15) is 0 Å². The number of aromatic nitrogens is 6. The largest absolute Gasteiger partial charge is 0.861 e. The molecule has 1 aliphatic rings. The first-order chi connectivity index (χ1) is 13.3. The van der Waals surface area contributed by atoms with Crippen LogP contribution in [0, 0.1) is 0 Å². The van der Waals surface area contributed by atoms with Gasteiger partial charge in [0.05, 0.1) is 36.8 Å². The van der Waals surface area contributed by atoms with Gasteiger partial charge in [0.1, 0.15) is 0 Å². The summed E-state index contributed by atoms with van der Waals surface area (Å²) in [4.78, 5) is 5.47. The quantitative estimate of drug-likeness (QED) is 0.229. The van der Waals surface area contributed by atoms with Crippen molar-refractivity contribution in [2.45, 2.75) is 5.16 Å². The van der Waals surface area contributed by atoms with Crippen LogP contribution in [-0.2, 0) is 4.74 Å². The maximum Gasteiger partial charge on any atom is 0.324 e. The van der Waals surface area contributed by atoms with Crippen molar-refractivity contribution < 1.29 is 19.2 Å². The molecule has 0 spiro atoms. The Hall–Kier alpha value is -2.99. The Morgan fingerprint density at radius 1 is 1.26 bits per heavy atom. The van der Waals surface area contributed by atoms with Gasteiger partial charge in [-0.2, -0.15) is 4.68 Å². The van der Waals surface area contributed by atoms with Gasteiger partial charge in [-0.1, -0.05) is 30.0 Å². The first-order valence-electron chi connectivity index (χ1n) is 8.22. The van der Waals surface area contributed by atoms with E-state index in [2.05, 4.69) is 25.8 Å². The Kier molecular flexibility index (Phi) is 5.25. The minimum atomic E-state index is -0.368. The smallest absolute Gasteiger partial charge is 0.324 e. The molecule has 0 amide bonds. The van der Waals surface area contributed by atoms with Gasteiger partial charge in [-0.3, -0.25) is 4.52 Å². The lowest BCUT2D eigenvalue weighted by Crippen LogP contribution is -2.62. The first kappa shape index (κ1) is 17.4. The van der Waals surface area contributed by atoms with Gasteiger partial charge in [-0.05, 0) is 28.5 Å². The summed E-state index contributed by atoms with van der Waals surface area (Å²) in [5.74, 6) is -0.145. The van der Waals surface area contributed by atoms with Crippen LogP contribution in [-0.4, -0.2) is 63.4 Å². The third-order valence-electron chi connectivity index (χ3n) is 3.72. The second kappa shape index (κ2) is 8.14. The number of rotatable bonds is 6. The summed E-state index contributed by atoms with van der Waals surface area (Å²) in [6.07, 6.45) is 1.57. The molecule has 12 heteroatoms. The van der Waals surface area contributed by atoms with Crippen LogP contribution in [0.2, 0.25) is 0 Å². The van der Waals surface area contributed by atoms with Crippen molar-refractivity contribution >= 4 is 23.5 Å². The molecule has 1 saturated heterocycles. The second-order valence-electron chi connectivity index (χ2n) is 5.53. The topological polar surface area (TPSA) is 121 Å². The molecule has 0 saturated carbocycles. The minimum absolute atomic E-state index is 0.0749. The summed E-state index contributed by atoms with van der Waals surface area (Å²) < 4.78 is 12.0. The molecule has 140 valence electrons. The molecule has 3 heterocycles. The van der Waals surface area contributed by atoms with Crippen LogP contribution in [0.15, 0.2) is 51.2 Å². The number of tetrazole rings is 1. The number of aliphatic imine (C=N–C) groups is 1. The molecule has 0 unspecified atom stereocenters. The number of hydrogen-bond donors (Lipinski definition) is 0. The highest BCUT2D eigenvalue weighted by molar-refractivity contribution is 7.99. The summed E-state index contributed by atoms with van der Waals surface area (Å²) in [5.41, 5.74) is 0.816. The molecule has 3 aromatic rings. The van der Waals surface area contributed by atoms with Crippen LogP contribution in [0.25, 0.3) is 5.69 Å². The molecule has 2 aromatic heterocycles. The normalized spacial score (nSPS) is 15.3. The maximum atomic E-state index is 12.1. The van der Waals surface area contributed by atoms with E-state index in [9.17, 15) is 5.11 Å². The third kappa shape index (κ3) is 4.23. The van der Waals surface area contributed by atoms with Gasteiger partial charge < -0.3 is 9.84 Å². The van der Waals surface area contributed by atoms with E-state index in [4.69, 9.17) is 9.26 Å². The van der Waals surface area contributed by atoms with Crippen molar-refractivity contribution in [3.05, 3.63) is 36.5 Å². The highest BCUT2D eigenvalue weighted by Gasteiger charge is 2.22. The molecule has 1 fully saturated rings. The molecule has 11 nitrogen and oxygen atoms in total. The van der Waals surface area contributed by atoms with Crippen LogP contribution >= 0.6 is 11.8 Å². The average Bonchev–Trinajstić information content (AvgIpc) is 3.37. The van der Waals surface area contributed by atoms with Gasteiger partial charge >= 0.3 is 5.88 Å². The number of para-hydroxylation sites is 1. The Balaban J connectivity index is 1.39. The first-order valence-corrected chi connectivity index (χ1v) is 9.21. The fourth-order valence-corrected chi connectivity index (χ4v) is 3.13. The van der Waals surface area contributed by atoms with E-state index in [0.717, 1.165) is 5.69 Å². The van der Waals surface area contributed by atoms with E-state index < -0.39 is 0 Å². The number of nitrogens with zero attached hydrogens (tertiary/aromatic N) is 8. The summed E-state index contributed by atoms with van der Waals surface area (Å²) >= 11 is 1.20.